The van der Waals surface area contributed by atoms with Crippen LogP contribution in [0.3, 0.4) is 0 Å². The van der Waals surface area contributed by atoms with E-state index in [0.717, 1.165) is 34.2 Å². The third-order valence-corrected chi connectivity index (χ3v) is 7.39. The topological polar surface area (TPSA) is 90.7 Å². The lowest BCUT2D eigenvalue weighted by molar-refractivity contribution is 0.0528. The van der Waals surface area contributed by atoms with Crippen LogP contribution in [0.5, 0.6) is 0 Å². The lowest BCUT2D eigenvalue weighted by Gasteiger charge is -2.15. The summed E-state index contributed by atoms with van der Waals surface area (Å²) in [5.41, 5.74) is 16.6. The van der Waals surface area contributed by atoms with E-state index < -0.39 is 0 Å². The Labute approximate surface area is 202 Å². The number of hydrogen-bond donors (Lipinski definition) is 2. The highest BCUT2D eigenvalue weighted by Gasteiger charge is 2.24. The molecular weight excluding hydrogens is 442 g/mol. The fourth-order valence-electron chi connectivity index (χ4n) is 4.76. The van der Waals surface area contributed by atoms with Crippen molar-refractivity contribution in [2.24, 2.45) is 16.5 Å². The number of rotatable bonds is 6. The molecule has 5 rings (SSSR count). The van der Waals surface area contributed by atoms with Gasteiger partial charge in [-0.05, 0) is 71.4 Å². The Morgan fingerprint density at radius 2 is 1.85 bits per heavy atom. The normalized spacial score (nSPS) is 13.3. The number of nitrogens with two attached hydrogens (primary N) is 2. The molecule has 1 aliphatic rings. The number of aliphatic imine (C=N–C) groups is 1. The second-order valence-electron chi connectivity index (χ2n) is 8.40. The van der Waals surface area contributed by atoms with E-state index in [1.807, 2.05) is 6.92 Å². The van der Waals surface area contributed by atoms with Crippen molar-refractivity contribution >= 4 is 49.7 Å². The van der Waals surface area contributed by atoms with Crippen molar-refractivity contribution in [3.05, 3.63) is 76.7 Å². The first kappa shape index (κ1) is 22.2. The SMILES string of the molecule is CCOC(=O)c1c(CN=C(N)N)sc2cc(-c3cccc4ccccc34)c(C3=CCCC3)cc12. The number of carbonyl (C=O) groups is 1. The van der Waals surface area contributed by atoms with Gasteiger partial charge in [0.2, 0.25) is 0 Å². The molecule has 4 N–H and O–H groups in total. The lowest BCUT2D eigenvalue weighted by Crippen LogP contribution is -2.22. The van der Waals surface area contributed by atoms with Gasteiger partial charge in [0.05, 0.1) is 18.7 Å². The van der Waals surface area contributed by atoms with Crippen LogP contribution in [-0.2, 0) is 11.3 Å². The summed E-state index contributed by atoms with van der Waals surface area (Å²) in [6, 6.07) is 19.3. The van der Waals surface area contributed by atoms with Gasteiger partial charge in [-0.1, -0.05) is 48.5 Å². The van der Waals surface area contributed by atoms with Crippen LogP contribution in [0.4, 0.5) is 0 Å². The zero-order valence-corrected chi connectivity index (χ0v) is 20.0. The molecule has 0 bridgehead atoms. The van der Waals surface area contributed by atoms with Gasteiger partial charge in [0.1, 0.15) is 0 Å². The highest BCUT2D eigenvalue weighted by Crippen LogP contribution is 2.43. The van der Waals surface area contributed by atoms with Crippen molar-refractivity contribution < 1.29 is 9.53 Å². The van der Waals surface area contributed by atoms with Gasteiger partial charge < -0.3 is 16.2 Å². The van der Waals surface area contributed by atoms with Gasteiger partial charge in [0.25, 0.3) is 0 Å². The summed E-state index contributed by atoms with van der Waals surface area (Å²) in [6.45, 7) is 2.37. The number of hydrogen-bond acceptors (Lipinski definition) is 4. The maximum atomic E-state index is 13.0. The number of ether oxygens (including phenoxy) is 1. The molecule has 172 valence electrons. The minimum atomic E-state index is -0.334. The molecule has 6 heteroatoms. The lowest BCUT2D eigenvalue weighted by atomic mass is 9.89. The molecule has 0 saturated carbocycles. The van der Waals surface area contributed by atoms with Crippen LogP contribution in [0.15, 0.2) is 65.7 Å². The van der Waals surface area contributed by atoms with Crippen LogP contribution < -0.4 is 11.5 Å². The first-order chi connectivity index (χ1) is 16.6. The predicted molar refractivity (Wildman–Crippen MR) is 142 cm³/mol. The summed E-state index contributed by atoms with van der Waals surface area (Å²) in [5.74, 6) is -0.334. The number of nitrogens with zero attached hydrogens (tertiary/aromatic N) is 1. The summed E-state index contributed by atoms with van der Waals surface area (Å²) >= 11 is 1.55. The molecule has 5 nitrogen and oxygen atoms in total. The molecule has 0 aliphatic heterocycles. The minimum Gasteiger partial charge on any atom is -0.462 e. The van der Waals surface area contributed by atoms with Gasteiger partial charge in [0.15, 0.2) is 5.96 Å². The Hall–Kier alpha value is -3.64. The predicted octanol–water partition coefficient (Wildman–Crippen LogP) is 6.24. The van der Waals surface area contributed by atoms with E-state index in [0.29, 0.717) is 12.2 Å². The van der Waals surface area contributed by atoms with E-state index in [2.05, 4.69) is 65.7 Å². The number of carbonyl (C=O) groups excluding carboxylic acids is 1. The fraction of sp³-hybridized carbons (Fsp3) is 0.214. The quantitative estimate of drug-likeness (QED) is 0.199. The fourth-order valence-corrected chi connectivity index (χ4v) is 5.90. The van der Waals surface area contributed by atoms with Crippen molar-refractivity contribution in [1.29, 1.82) is 0 Å². The minimum absolute atomic E-state index is 0.000472. The Morgan fingerprint density at radius 1 is 1.03 bits per heavy atom. The first-order valence-corrected chi connectivity index (χ1v) is 12.4. The molecule has 0 spiro atoms. The summed E-state index contributed by atoms with van der Waals surface area (Å²) < 4.78 is 6.44. The first-order valence-electron chi connectivity index (χ1n) is 11.6. The number of esters is 1. The van der Waals surface area contributed by atoms with E-state index in [9.17, 15) is 4.79 Å². The highest BCUT2D eigenvalue weighted by atomic mass is 32.1. The van der Waals surface area contributed by atoms with E-state index >= 15 is 0 Å². The molecule has 0 radical (unpaired) electrons. The number of fused-ring (bicyclic) bond motifs is 2. The molecule has 1 aliphatic carbocycles. The third kappa shape index (κ3) is 4.05. The zero-order valence-electron chi connectivity index (χ0n) is 19.1. The molecule has 0 unspecified atom stereocenters. The van der Waals surface area contributed by atoms with E-state index in [-0.39, 0.29) is 18.5 Å². The maximum absolute atomic E-state index is 13.0. The monoisotopic (exact) mass is 469 g/mol. The molecule has 1 heterocycles. The average Bonchev–Trinajstić information content (AvgIpc) is 3.49. The molecule has 0 saturated heterocycles. The summed E-state index contributed by atoms with van der Waals surface area (Å²) in [5, 5.41) is 3.32. The molecule has 0 amide bonds. The van der Waals surface area contributed by atoms with Crippen LogP contribution in [0.1, 0.15) is 47.0 Å². The number of thiophene rings is 1. The smallest absolute Gasteiger partial charge is 0.339 e. The van der Waals surface area contributed by atoms with E-state index in [4.69, 9.17) is 16.2 Å². The Kier molecular flexibility index (Phi) is 6.07. The molecule has 4 aromatic rings. The van der Waals surface area contributed by atoms with Crippen LogP contribution in [0.25, 0.3) is 37.6 Å². The highest BCUT2D eigenvalue weighted by molar-refractivity contribution is 7.19. The van der Waals surface area contributed by atoms with Crippen molar-refractivity contribution in [2.45, 2.75) is 32.7 Å². The third-order valence-electron chi connectivity index (χ3n) is 6.25. The Bertz CT molecular complexity index is 1460. The van der Waals surface area contributed by atoms with E-state index in [1.54, 1.807) is 11.3 Å². The van der Waals surface area contributed by atoms with Crippen molar-refractivity contribution in [3.63, 3.8) is 0 Å². The Balaban J connectivity index is 1.80. The van der Waals surface area contributed by atoms with Crippen LogP contribution in [-0.4, -0.2) is 18.5 Å². The molecule has 3 aromatic carbocycles. The molecule has 34 heavy (non-hydrogen) atoms. The van der Waals surface area contributed by atoms with Crippen LogP contribution in [0.2, 0.25) is 0 Å². The van der Waals surface area contributed by atoms with Gasteiger partial charge >= 0.3 is 5.97 Å². The van der Waals surface area contributed by atoms with Gasteiger partial charge in [-0.15, -0.1) is 11.3 Å². The van der Waals surface area contributed by atoms with Crippen LogP contribution >= 0.6 is 11.3 Å². The molecular formula is C28H27N3O2S. The number of allylic oxidation sites excluding steroid dienone is 2. The summed E-state index contributed by atoms with van der Waals surface area (Å²) in [4.78, 5) is 18.0. The molecule has 0 fully saturated rings. The Morgan fingerprint density at radius 3 is 2.62 bits per heavy atom. The van der Waals surface area contributed by atoms with Crippen LogP contribution in [0, 0.1) is 0 Å². The standard InChI is InChI=1S/C28H27N3O2S/c1-2-33-27(32)26-23-14-21(18-9-3-4-10-18)22(15-24(23)34-25(26)16-31-28(29)30)20-13-7-11-17-8-5-6-12-19(17)20/h5-9,11-15H,2-4,10,16H2,1H3,(H4,29,30,31). The second kappa shape index (κ2) is 9.31. The van der Waals surface area contributed by atoms with Crippen molar-refractivity contribution in [1.82, 2.24) is 0 Å². The second-order valence-corrected chi connectivity index (χ2v) is 9.54. The number of guanidine groups is 1. The van der Waals surface area contributed by atoms with Gasteiger partial charge in [-0.3, -0.25) is 0 Å². The summed E-state index contributed by atoms with van der Waals surface area (Å²) in [6.07, 6.45) is 5.58. The van der Waals surface area contributed by atoms with Gasteiger partial charge in [-0.25, -0.2) is 9.79 Å². The molecule has 0 atom stereocenters. The average molecular weight is 470 g/mol. The molecule has 1 aromatic heterocycles. The summed E-state index contributed by atoms with van der Waals surface area (Å²) in [7, 11) is 0. The van der Waals surface area contributed by atoms with E-state index in [1.165, 1.54) is 33.0 Å². The largest absolute Gasteiger partial charge is 0.462 e. The number of benzene rings is 3. The zero-order chi connectivity index (χ0) is 23.7. The van der Waals surface area contributed by atoms with Crippen molar-refractivity contribution in [2.75, 3.05) is 6.61 Å². The van der Waals surface area contributed by atoms with Gasteiger partial charge in [-0.2, -0.15) is 0 Å². The van der Waals surface area contributed by atoms with Gasteiger partial charge in [0, 0.05) is 15.0 Å². The maximum Gasteiger partial charge on any atom is 0.339 e. The van der Waals surface area contributed by atoms with Crippen molar-refractivity contribution in [3.8, 4) is 11.1 Å².